The molecule has 6 nitrogen and oxygen atoms in total. The molecule has 2 N–H and O–H groups in total. The molecule has 1 heterocycles. The third kappa shape index (κ3) is 2.76. The molecule has 3 rings (SSSR count). The Morgan fingerprint density at radius 3 is 2.59 bits per heavy atom. The van der Waals surface area contributed by atoms with E-state index >= 15 is 0 Å². The van der Waals surface area contributed by atoms with Crippen LogP contribution < -0.4 is 11.0 Å². The maximum atomic E-state index is 12.1. The van der Waals surface area contributed by atoms with Crippen LogP contribution >= 0.6 is 0 Å². The fourth-order valence-electron chi connectivity index (χ4n) is 1.98. The second-order valence-electron chi connectivity index (χ2n) is 4.52. The van der Waals surface area contributed by atoms with E-state index in [0.29, 0.717) is 23.0 Å². The lowest BCUT2D eigenvalue weighted by Crippen LogP contribution is -2.22. The molecular weight excluding hydrogens is 280 g/mol. The second kappa shape index (κ2) is 6.01. The first-order valence-electron chi connectivity index (χ1n) is 6.61. The standard InChI is InChI=1S/C16H12N4O2/c21-10-14(20-19-11-6-2-1-3-7-11)15-16(22)18-13-9-5-4-8-12(13)17-15/h1-10,19H,(H,18,22)/b20-14+. The van der Waals surface area contributed by atoms with Crippen LogP contribution in [0.1, 0.15) is 5.69 Å². The molecule has 0 bridgehead atoms. The van der Waals surface area contributed by atoms with Crippen molar-refractivity contribution in [2.45, 2.75) is 0 Å². The number of carbonyl (C=O) groups excluding carboxylic acids is 1. The van der Waals surface area contributed by atoms with Gasteiger partial charge >= 0.3 is 0 Å². The van der Waals surface area contributed by atoms with Crippen molar-refractivity contribution in [3.8, 4) is 0 Å². The molecule has 0 aliphatic heterocycles. The van der Waals surface area contributed by atoms with Crippen LogP contribution in [-0.4, -0.2) is 22.0 Å². The van der Waals surface area contributed by atoms with Gasteiger partial charge in [0.15, 0.2) is 17.7 Å². The lowest BCUT2D eigenvalue weighted by atomic mass is 10.2. The van der Waals surface area contributed by atoms with Gasteiger partial charge in [-0.3, -0.25) is 15.0 Å². The van der Waals surface area contributed by atoms with Crippen LogP contribution in [0.3, 0.4) is 0 Å². The number of nitrogens with zero attached hydrogens (tertiary/aromatic N) is 2. The Morgan fingerprint density at radius 2 is 1.82 bits per heavy atom. The summed E-state index contributed by atoms with van der Waals surface area (Å²) >= 11 is 0. The molecular formula is C16H12N4O2. The number of rotatable bonds is 4. The van der Waals surface area contributed by atoms with E-state index in [4.69, 9.17) is 0 Å². The van der Waals surface area contributed by atoms with Gasteiger partial charge in [0.25, 0.3) is 5.56 Å². The summed E-state index contributed by atoms with van der Waals surface area (Å²) in [6.45, 7) is 0. The predicted molar refractivity (Wildman–Crippen MR) is 85.0 cm³/mol. The average Bonchev–Trinajstić information content (AvgIpc) is 2.56. The van der Waals surface area contributed by atoms with Gasteiger partial charge in [-0.1, -0.05) is 30.3 Å². The number of fused-ring (bicyclic) bond motifs is 1. The number of nitrogens with one attached hydrogen (secondary N) is 2. The van der Waals surface area contributed by atoms with E-state index in [9.17, 15) is 9.59 Å². The number of H-pyrrole nitrogens is 1. The van der Waals surface area contributed by atoms with Crippen molar-refractivity contribution in [2.24, 2.45) is 5.10 Å². The molecule has 0 saturated heterocycles. The Labute approximate surface area is 125 Å². The molecule has 6 heteroatoms. The Hall–Kier alpha value is -3.28. The molecule has 0 unspecified atom stereocenters. The van der Waals surface area contributed by atoms with E-state index in [1.165, 1.54) is 0 Å². The van der Waals surface area contributed by atoms with Crippen molar-refractivity contribution in [3.63, 3.8) is 0 Å². The first-order valence-corrected chi connectivity index (χ1v) is 6.61. The minimum atomic E-state index is -0.459. The fourth-order valence-corrected chi connectivity index (χ4v) is 1.98. The highest BCUT2D eigenvalue weighted by atomic mass is 16.1. The van der Waals surface area contributed by atoms with E-state index in [1.54, 1.807) is 36.4 Å². The van der Waals surface area contributed by atoms with Crippen molar-refractivity contribution in [1.82, 2.24) is 9.97 Å². The number of hydrogen-bond acceptors (Lipinski definition) is 5. The van der Waals surface area contributed by atoms with Crippen molar-refractivity contribution >= 4 is 28.7 Å². The zero-order valence-electron chi connectivity index (χ0n) is 11.5. The summed E-state index contributed by atoms with van der Waals surface area (Å²) < 4.78 is 0. The molecule has 0 aliphatic rings. The molecule has 0 fully saturated rings. The van der Waals surface area contributed by atoms with Gasteiger partial charge in [-0.05, 0) is 24.3 Å². The highest BCUT2D eigenvalue weighted by Crippen LogP contribution is 2.07. The normalized spacial score (nSPS) is 11.4. The Bertz CT molecular complexity index is 901. The first kappa shape index (κ1) is 13.7. The Balaban J connectivity index is 2.01. The highest BCUT2D eigenvalue weighted by molar-refractivity contribution is 6.35. The first-order chi connectivity index (χ1) is 10.8. The van der Waals surface area contributed by atoms with Crippen LogP contribution in [0.5, 0.6) is 0 Å². The van der Waals surface area contributed by atoms with Gasteiger partial charge in [0.1, 0.15) is 0 Å². The van der Waals surface area contributed by atoms with Crippen molar-refractivity contribution in [3.05, 3.63) is 70.6 Å². The van der Waals surface area contributed by atoms with E-state index < -0.39 is 5.56 Å². The molecule has 108 valence electrons. The quantitative estimate of drug-likeness (QED) is 0.437. The number of anilines is 1. The van der Waals surface area contributed by atoms with Gasteiger partial charge in [-0.25, -0.2) is 4.98 Å². The zero-order chi connectivity index (χ0) is 15.4. The molecule has 0 spiro atoms. The highest BCUT2D eigenvalue weighted by Gasteiger charge is 2.11. The molecule has 22 heavy (non-hydrogen) atoms. The van der Waals surface area contributed by atoms with Crippen molar-refractivity contribution in [2.75, 3.05) is 5.43 Å². The Kier molecular flexibility index (Phi) is 3.74. The molecule has 0 atom stereocenters. The number of para-hydroxylation sites is 3. The van der Waals surface area contributed by atoms with Gasteiger partial charge < -0.3 is 4.98 Å². The van der Waals surface area contributed by atoms with Gasteiger partial charge in [0.05, 0.1) is 16.7 Å². The average molecular weight is 292 g/mol. The van der Waals surface area contributed by atoms with Gasteiger partial charge in [-0.2, -0.15) is 5.10 Å². The van der Waals surface area contributed by atoms with E-state index in [1.807, 2.05) is 18.2 Å². The van der Waals surface area contributed by atoms with Crippen molar-refractivity contribution < 1.29 is 4.79 Å². The summed E-state index contributed by atoms with van der Waals surface area (Å²) in [5, 5.41) is 3.97. The molecule has 2 aromatic carbocycles. The topological polar surface area (TPSA) is 87.2 Å². The predicted octanol–water partition coefficient (Wildman–Crippen LogP) is 1.94. The molecule has 0 saturated carbocycles. The monoisotopic (exact) mass is 292 g/mol. The minimum Gasteiger partial charge on any atom is -0.319 e. The molecule has 3 aromatic rings. The van der Waals surface area contributed by atoms with Crippen LogP contribution in [-0.2, 0) is 4.79 Å². The maximum absolute atomic E-state index is 12.1. The fraction of sp³-hybridized carbons (Fsp3) is 0. The SMILES string of the molecule is O=C/C(=N\Nc1ccccc1)c1nc2ccccc2[nH]c1=O. The van der Waals surface area contributed by atoms with Crippen LogP contribution in [0.25, 0.3) is 11.0 Å². The second-order valence-corrected chi connectivity index (χ2v) is 4.52. The number of carbonyl (C=O) groups is 1. The third-order valence-electron chi connectivity index (χ3n) is 3.03. The van der Waals surface area contributed by atoms with E-state index in [-0.39, 0.29) is 11.4 Å². The minimum absolute atomic E-state index is 0.0165. The number of hydrogen-bond donors (Lipinski definition) is 2. The van der Waals surface area contributed by atoms with Gasteiger partial charge in [0, 0.05) is 0 Å². The largest absolute Gasteiger partial charge is 0.319 e. The molecule has 1 aromatic heterocycles. The number of aromatic amines is 1. The summed E-state index contributed by atoms with van der Waals surface area (Å²) in [7, 11) is 0. The van der Waals surface area contributed by atoms with Crippen molar-refractivity contribution in [1.29, 1.82) is 0 Å². The van der Waals surface area contributed by atoms with Crippen LogP contribution in [0.2, 0.25) is 0 Å². The lowest BCUT2D eigenvalue weighted by molar-refractivity contribution is -0.102. The lowest BCUT2D eigenvalue weighted by Gasteiger charge is -2.03. The number of hydrazone groups is 1. The summed E-state index contributed by atoms with van der Waals surface area (Å²) in [6, 6.07) is 16.2. The number of aromatic nitrogens is 2. The van der Waals surface area contributed by atoms with Crippen LogP contribution in [0.15, 0.2) is 64.5 Å². The maximum Gasteiger partial charge on any atom is 0.276 e. The summed E-state index contributed by atoms with van der Waals surface area (Å²) in [6.07, 6.45) is 0.502. The third-order valence-corrected chi connectivity index (χ3v) is 3.03. The summed E-state index contributed by atoms with van der Waals surface area (Å²) in [4.78, 5) is 30.2. The van der Waals surface area contributed by atoms with Gasteiger partial charge in [0.2, 0.25) is 0 Å². The zero-order valence-corrected chi connectivity index (χ0v) is 11.5. The van der Waals surface area contributed by atoms with Crippen LogP contribution in [0.4, 0.5) is 5.69 Å². The Morgan fingerprint density at radius 1 is 1.09 bits per heavy atom. The molecule has 0 amide bonds. The van der Waals surface area contributed by atoms with Crippen LogP contribution in [0, 0.1) is 0 Å². The van der Waals surface area contributed by atoms with E-state index in [0.717, 1.165) is 0 Å². The summed E-state index contributed by atoms with van der Waals surface area (Å²) in [5.41, 5.74) is 4.10. The molecule has 0 radical (unpaired) electrons. The number of aldehydes is 1. The van der Waals surface area contributed by atoms with E-state index in [2.05, 4.69) is 20.5 Å². The smallest absolute Gasteiger partial charge is 0.276 e. The van der Waals surface area contributed by atoms with Gasteiger partial charge in [-0.15, -0.1) is 0 Å². The number of benzene rings is 2. The summed E-state index contributed by atoms with van der Waals surface area (Å²) in [5.74, 6) is 0. The molecule has 0 aliphatic carbocycles.